The van der Waals surface area contributed by atoms with Crippen LogP contribution >= 0.6 is 0 Å². The van der Waals surface area contributed by atoms with Gasteiger partial charge in [-0.3, -0.25) is 0 Å². The predicted molar refractivity (Wildman–Crippen MR) is 81.6 cm³/mol. The summed E-state index contributed by atoms with van der Waals surface area (Å²) in [5, 5.41) is 0. The van der Waals surface area contributed by atoms with Gasteiger partial charge in [0.2, 0.25) is 0 Å². The lowest BCUT2D eigenvalue weighted by Gasteiger charge is -2.30. The van der Waals surface area contributed by atoms with Crippen molar-refractivity contribution in [2.45, 2.75) is 19.3 Å². The van der Waals surface area contributed by atoms with Gasteiger partial charge in [-0.05, 0) is 37.0 Å². The molecule has 1 fully saturated rings. The second kappa shape index (κ2) is 7.51. The molecule has 1 amide bonds. The molecule has 2 rings (SSSR count). The minimum atomic E-state index is -0.465. The van der Waals surface area contributed by atoms with Crippen molar-refractivity contribution >= 4 is 12.1 Å². The molecule has 5 heteroatoms. The maximum atomic E-state index is 12.1. The van der Waals surface area contributed by atoms with Crippen LogP contribution in [0.2, 0.25) is 0 Å². The van der Waals surface area contributed by atoms with Crippen LogP contribution in [0.15, 0.2) is 24.3 Å². The van der Waals surface area contributed by atoms with Crippen molar-refractivity contribution in [2.24, 2.45) is 5.92 Å². The Labute approximate surface area is 130 Å². The zero-order valence-electron chi connectivity index (χ0n) is 12.6. The number of ether oxygens (including phenoxy) is 2. The molecule has 0 aromatic heterocycles. The van der Waals surface area contributed by atoms with Crippen molar-refractivity contribution in [2.75, 3.05) is 20.2 Å². The van der Waals surface area contributed by atoms with E-state index in [0.717, 1.165) is 19.3 Å². The summed E-state index contributed by atoms with van der Waals surface area (Å²) in [7, 11) is 1.31. The molecule has 1 heterocycles. The molecular formula is C17H19NO4. The lowest BCUT2D eigenvalue weighted by atomic mass is 9.94. The van der Waals surface area contributed by atoms with E-state index < -0.39 is 12.1 Å². The Morgan fingerprint density at radius 1 is 1.36 bits per heavy atom. The van der Waals surface area contributed by atoms with Gasteiger partial charge in [-0.2, -0.15) is 0 Å². The zero-order chi connectivity index (χ0) is 15.9. The quantitative estimate of drug-likeness (QED) is 0.636. The van der Waals surface area contributed by atoms with E-state index in [1.807, 2.05) is 0 Å². The van der Waals surface area contributed by atoms with Crippen LogP contribution in [0, 0.1) is 18.3 Å². The Hall–Kier alpha value is -2.48. The molecule has 22 heavy (non-hydrogen) atoms. The Balaban J connectivity index is 1.93. The summed E-state index contributed by atoms with van der Waals surface area (Å²) >= 11 is 0. The number of methoxy groups -OCH3 is 1. The molecule has 5 nitrogen and oxygen atoms in total. The fourth-order valence-corrected chi connectivity index (χ4v) is 2.46. The number of rotatable bonds is 3. The largest absolute Gasteiger partial charge is 0.465 e. The summed E-state index contributed by atoms with van der Waals surface area (Å²) in [4.78, 5) is 25.3. The fraction of sp³-hybridized carbons (Fsp3) is 0.412. The van der Waals surface area contributed by atoms with E-state index >= 15 is 0 Å². The molecule has 1 aromatic carbocycles. The van der Waals surface area contributed by atoms with Crippen LogP contribution in [-0.2, 0) is 4.74 Å². The number of benzene rings is 1. The van der Waals surface area contributed by atoms with Gasteiger partial charge in [0, 0.05) is 19.5 Å². The van der Waals surface area contributed by atoms with E-state index in [2.05, 4.69) is 10.7 Å². The number of amides is 1. The number of carbonyl (C=O) groups is 2. The number of hydrogen-bond acceptors (Lipinski definition) is 4. The molecule has 0 atom stereocenters. The molecule has 1 aromatic rings. The minimum Gasteiger partial charge on any atom is -0.465 e. The van der Waals surface area contributed by atoms with Crippen molar-refractivity contribution in [3.63, 3.8) is 0 Å². The standard InChI is InChI=1S/C17H19NO4/c1-3-5-13-8-10-18(11-9-13)17(20)22-15-7-4-6-14(12-15)16(19)21-2/h1,4,6-7,12-13H,5,8-11H2,2H3. The summed E-state index contributed by atoms with van der Waals surface area (Å²) in [6.45, 7) is 1.28. The van der Waals surface area contributed by atoms with Crippen LogP contribution in [0.1, 0.15) is 29.6 Å². The molecule has 0 radical (unpaired) electrons. The summed E-state index contributed by atoms with van der Waals surface area (Å²) in [5.41, 5.74) is 0.348. The Kier molecular flexibility index (Phi) is 5.42. The average molecular weight is 301 g/mol. The third kappa shape index (κ3) is 4.01. The summed E-state index contributed by atoms with van der Waals surface area (Å²) in [6.07, 6.45) is 7.45. The van der Waals surface area contributed by atoms with E-state index in [1.54, 1.807) is 23.1 Å². The van der Waals surface area contributed by atoms with E-state index in [1.165, 1.54) is 13.2 Å². The number of piperidine rings is 1. The van der Waals surface area contributed by atoms with Crippen LogP contribution in [0.3, 0.4) is 0 Å². The van der Waals surface area contributed by atoms with Crippen molar-refractivity contribution in [1.29, 1.82) is 0 Å². The van der Waals surface area contributed by atoms with E-state index in [9.17, 15) is 9.59 Å². The van der Waals surface area contributed by atoms with E-state index in [4.69, 9.17) is 11.2 Å². The first-order valence-corrected chi connectivity index (χ1v) is 7.22. The first kappa shape index (κ1) is 15.9. The molecule has 116 valence electrons. The van der Waals surface area contributed by atoms with E-state index in [-0.39, 0.29) is 0 Å². The number of esters is 1. The first-order chi connectivity index (χ1) is 10.6. The van der Waals surface area contributed by atoms with Gasteiger partial charge in [0.1, 0.15) is 5.75 Å². The van der Waals surface area contributed by atoms with Crippen molar-refractivity contribution in [3.05, 3.63) is 29.8 Å². The maximum absolute atomic E-state index is 12.1. The molecule has 1 aliphatic rings. The van der Waals surface area contributed by atoms with Crippen molar-refractivity contribution in [3.8, 4) is 18.1 Å². The molecule has 1 aliphatic heterocycles. The second-order valence-electron chi connectivity index (χ2n) is 5.23. The zero-order valence-corrected chi connectivity index (χ0v) is 12.6. The van der Waals surface area contributed by atoms with Crippen molar-refractivity contribution in [1.82, 2.24) is 4.90 Å². The fourth-order valence-electron chi connectivity index (χ4n) is 2.46. The van der Waals surface area contributed by atoms with Gasteiger partial charge >= 0.3 is 12.1 Å². The molecule has 0 saturated carbocycles. The molecule has 0 spiro atoms. The molecular weight excluding hydrogens is 282 g/mol. The van der Waals surface area contributed by atoms with E-state index in [0.29, 0.717) is 30.3 Å². The number of hydrogen-bond donors (Lipinski definition) is 0. The molecule has 0 unspecified atom stereocenters. The highest BCUT2D eigenvalue weighted by Crippen LogP contribution is 2.21. The third-order valence-corrected chi connectivity index (χ3v) is 3.74. The lowest BCUT2D eigenvalue weighted by Crippen LogP contribution is -2.40. The normalized spacial score (nSPS) is 15.0. The van der Waals surface area contributed by atoms with Gasteiger partial charge in [0.25, 0.3) is 0 Å². The predicted octanol–water partition coefficient (Wildman–Crippen LogP) is 2.71. The molecule has 0 bridgehead atoms. The molecule has 1 saturated heterocycles. The highest BCUT2D eigenvalue weighted by molar-refractivity contribution is 5.89. The summed E-state index contributed by atoms with van der Waals surface area (Å²) < 4.78 is 9.96. The Morgan fingerprint density at radius 3 is 2.73 bits per heavy atom. The number of terminal acetylenes is 1. The number of carbonyl (C=O) groups excluding carboxylic acids is 2. The topological polar surface area (TPSA) is 55.8 Å². The molecule has 0 aliphatic carbocycles. The van der Waals surface area contributed by atoms with Gasteiger partial charge in [-0.1, -0.05) is 6.07 Å². The van der Waals surface area contributed by atoms with Crippen LogP contribution in [0.5, 0.6) is 5.75 Å². The van der Waals surface area contributed by atoms with Gasteiger partial charge in [0.05, 0.1) is 12.7 Å². The minimum absolute atomic E-state index is 0.332. The average Bonchev–Trinajstić information content (AvgIpc) is 2.55. The van der Waals surface area contributed by atoms with Crippen LogP contribution in [-0.4, -0.2) is 37.2 Å². The maximum Gasteiger partial charge on any atom is 0.415 e. The highest BCUT2D eigenvalue weighted by Gasteiger charge is 2.23. The summed E-state index contributed by atoms with van der Waals surface area (Å²) in [6, 6.07) is 6.38. The second-order valence-corrected chi connectivity index (χ2v) is 5.23. The molecule has 0 N–H and O–H groups in total. The first-order valence-electron chi connectivity index (χ1n) is 7.22. The Morgan fingerprint density at radius 2 is 2.09 bits per heavy atom. The smallest absolute Gasteiger partial charge is 0.415 e. The number of likely N-dealkylation sites (tertiary alicyclic amines) is 1. The van der Waals surface area contributed by atoms with Crippen LogP contribution in [0.4, 0.5) is 4.79 Å². The Bertz CT molecular complexity index is 583. The lowest BCUT2D eigenvalue weighted by molar-refractivity contribution is 0.0600. The monoisotopic (exact) mass is 301 g/mol. The van der Waals surface area contributed by atoms with Gasteiger partial charge in [-0.15, -0.1) is 12.3 Å². The SMILES string of the molecule is C#CCC1CCN(C(=O)Oc2cccc(C(=O)OC)c2)CC1. The van der Waals surface area contributed by atoms with Crippen molar-refractivity contribution < 1.29 is 19.1 Å². The van der Waals surface area contributed by atoms with Gasteiger partial charge < -0.3 is 14.4 Å². The van der Waals surface area contributed by atoms with Gasteiger partial charge in [-0.25, -0.2) is 9.59 Å². The summed E-state index contributed by atoms with van der Waals surface area (Å²) in [5.74, 6) is 3.02. The van der Waals surface area contributed by atoms with Crippen LogP contribution < -0.4 is 4.74 Å². The van der Waals surface area contributed by atoms with Crippen LogP contribution in [0.25, 0.3) is 0 Å². The third-order valence-electron chi connectivity index (χ3n) is 3.74. The number of nitrogens with zero attached hydrogens (tertiary/aromatic N) is 1. The highest BCUT2D eigenvalue weighted by atomic mass is 16.6. The van der Waals surface area contributed by atoms with Gasteiger partial charge in [0.15, 0.2) is 0 Å².